The topological polar surface area (TPSA) is 82.1 Å². The smallest absolute Gasteiger partial charge is 0.338 e. The van der Waals surface area contributed by atoms with Crippen LogP contribution in [-0.4, -0.2) is 36.9 Å². The van der Waals surface area contributed by atoms with Gasteiger partial charge in [0.15, 0.2) is 0 Å². The summed E-state index contributed by atoms with van der Waals surface area (Å²) in [5.74, 6) is 1.46. The van der Waals surface area contributed by atoms with Crippen LogP contribution < -0.4 is 9.47 Å². The van der Waals surface area contributed by atoms with Crippen LogP contribution in [-0.2, 0) is 14.3 Å². The minimum Gasteiger partial charge on any atom is -0.490 e. The molecular weight excluding hydrogens is 564 g/mol. The Morgan fingerprint density at radius 3 is 2.04 bits per heavy atom. The van der Waals surface area contributed by atoms with Crippen LogP contribution in [0.1, 0.15) is 76.7 Å². The zero-order valence-corrected chi connectivity index (χ0v) is 26.7. The molecule has 0 atom stereocenters. The summed E-state index contributed by atoms with van der Waals surface area (Å²) in [7, 11) is 0. The number of rotatable bonds is 15. The first kappa shape index (κ1) is 33.7. The van der Waals surface area contributed by atoms with Gasteiger partial charge in [0.25, 0.3) is 0 Å². The highest BCUT2D eigenvalue weighted by atomic mass is 16.6. The molecule has 4 rings (SSSR count). The van der Waals surface area contributed by atoms with Gasteiger partial charge in [-0.25, -0.2) is 9.59 Å². The highest BCUT2D eigenvalue weighted by molar-refractivity contribution is 5.89. The number of ether oxygens (including phenoxy) is 3. The average Bonchev–Trinajstić information content (AvgIpc) is 3.07. The van der Waals surface area contributed by atoms with Crippen LogP contribution in [0.5, 0.6) is 11.5 Å². The molecule has 0 heterocycles. The number of carbonyl (C=O) groups excluding carboxylic acids is 2. The fourth-order valence-corrected chi connectivity index (χ4v) is 5.89. The molecule has 0 aliphatic heterocycles. The van der Waals surface area contributed by atoms with Gasteiger partial charge >= 0.3 is 11.9 Å². The van der Waals surface area contributed by atoms with Gasteiger partial charge in [0, 0.05) is 5.57 Å². The highest BCUT2D eigenvalue weighted by Crippen LogP contribution is 2.43. The maximum Gasteiger partial charge on any atom is 0.338 e. The van der Waals surface area contributed by atoms with Crippen molar-refractivity contribution in [1.29, 1.82) is 0 Å². The number of unbranched alkanes of at least 4 members (excludes halogenated alkanes) is 2. The van der Waals surface area contributed by atoms with Gasteiger partial charge in [-0.2, -0.15) is 0 Å². The molecule has 0 amide bonds. The third-order valence-corrected chi connectivity index (χ3v) is 8.53. The minimum absolute atomic E-state index is 0.0269. The molecule has 3 aromatic carbocycles. The number of aliphatic hydroxyl groups is 1. The van der Waals surface area contributed by atoms with Crippen LogP contribution in [0, 0.1) is 5.92 Å². The summed E-state index contributed by atoms with van der Waals surface area (Å²) in [6.07, 6.45) is 10.1. The Kier molecular flexibility index (Phi) is 12.6. The van der Waals surface area contributed by atoms with Crippen molar-refractivity contribution in [3.63, 3.8) is 0 Å². The van der Waals surface area contributed by atoms with E-state index in [-0.39, 0.29) is 18.8 Å². The summed E-state index contributed by atoms with van der Waals surface area (Å²) in [5.41, 5.74) is 6.14. The van der Waals surface area contributed by atoms with Crippen molar-refractivity contribution in [3.8, 4) is 33.8 Å². The molecule has 0 aromatic heterocycles. The second-order valence-electron chi connectivity index (χ2n) is 12.0. The summed E-state index contributed by atoms with van der Waals surface area (Å²) >= 11 is 0. The Morgan fingerprint density at radius 1 is 0.800 bits per heavy atom. The normalized spacial score (nSPS) is 16.1. The maximum atomic E-state index is 11.8. The lowest BCUT2D eigenvalue weighted by Gasteiger charge is -2.30. The van der Waals surface area contributed by atoms with Gasteiger partial charge in [-0.1, -0.05) is 88.2 Å². The molecule has 0 saturated heterocycles. The van der Waals surface area contributed by atoms with E-state index in [1.807, 2.05) is 18.2 Å². The summed E-state index contributed by atoms with van der Waals surface area (Å²) in [6, 6.07) is 22.3. The number of esters is 2. The van der Waals surface area contributed by atoms with Gasteiger partial charge in [-0.3, -0.25) is 0 Å². The van der Waals surface area contributed by atoms with Crippen LogP contribution in [0.15, 0.2) is 91.0 Å². The number of aliphatic hydroxyl groups excluding tert-OH is 1. The van der Waals surface area contributed by atoms with Gasteiger partial charge in [0.2, 0.25) is 0 Å². The minimum atomic E-state index is -0.613. The molecule has 1 fully saturated rings. The van der Waals surface area contributed by atoms with E-state index in [0.29, 0.717) is 17.2 Å². The van der Waals surface area contributed by atoms with Crippen molar-refractivity contribution < 1.29 is 28.9 Å². The molecule has 1 N–H and O–H groups in total. The fraction of sp³-hybridized carbons (Fsp3) is 0.385. The molecular formula is C39H46O6. The third kappa shape index (κ3) is 9.66. The average molecular weight is 611 g/mol. The number of carbonyl (C=O) groups is 2. The van der Waals surface area contributed by atoms with Gasteiger partial charge in [-0.15, -0.1) is 0 Å². The van der Waals surface area contributed by atoms with Gasteiger partial charge < -0.3 is 19.3 Å². The highest BCUT2D eigenvalue weighted by Gasteiger charge is 2.25. The van der Waals surface area contributed by atoms with E-state index in [9.17, 15) is 9.59 Å². The summed E-state index contributed by atoms with van der Waals surface area (Å²) in [6.45, 7) is 10.9. The molecule has 0 spiro atoms. The Morgan fingerprint density at radius 2 is 1.42 bits per heavy atom. The lowest BCUT2D eigenvalue weighted by molar-refractivity contribution is -0.140. The van der Waals surface area contributed by atoms with Crippen LogP contribution in [0.2, 0.25) is 0 Å². The van der Waals surface area contributed by atoms with Crippen molar-refractivity contribution in [1.82, 2.24) is 0 Å². The predicted octanol–water partition coefficient (Wildman–Crippen LogP) is 8.83. The largest absolute Gasteiger partial charge is 0.490 e. The van der Waals surface area contributed by atoms with Crippen molar-refractivity contribution in [3.05, 3.63) is 96.6 Å². The Bertz CT molecular complexity index is 1450. The van der Waals surface area contributed by atoms with Crippen LogP contribution in [0.3, 0.4) is 0 Å². The summed E-state index contributed by atoms with van der Waals surface area (Å²) in [5, 5.41) is 9.06. The second-order valence-corrected chi connectivity index (χ2v) is 12.0. The lowest BCUT2D eigenvalue weighted by Crippen LogP contribution is -2.16. The Balaban J connectivity index is 1.49. The Hall–Kier alpha value is -4.16. The standard InChI is InChI=1S/C39H46O6/c1-5-6-7-8-29-9-11-33(12-10-29)37-25-35(43-23-24-44-39(42)28(4)26-40)21-22-36(37)32-15-13-30(14-16-32)31-17-19-34(20-18-31)45-38(41)27(2)3/h13-22,25,29,33,40H,2,4-12,23-24,26H2,1,3H3. The Labute approximate surface area is 267 Å². The molecule has 6 heteroatoms. The maximum absolute atomic E-state index is 11.8. The first-order chi connectivity index (χ1) is 21.8. The van der Waals surface area contributed by atoms with E-state index < -0.39 is 18.5 Å². The lowest BCUT2D eigenvalue weighted by atomic mass is 9.75. The van der Waals surface area contributed by atoms with E-state index in [2.05, 4.69) is 56.5 Å². The molecule has 45 heavy (non-hydrogen) atoms. The number of hydrogen-bond acceptors (Lipinski definition) is 6. The van der Waals surface area contributed by atoms with Crippen molar-refractivity contribution >= 4 is 11.9 Å². The predicted molar refractivity (Wildman–Crippen MR) is 179 cm³/mol. The number of hydrogen-bond donors (Lipinski definition) is 1. The van der Waals surface area contributed by atoms with Crippen molar-refractivity contribution in [2.24, 2.45) is 5.92 Å². The summed E-state index contributed by atoms with van der Waals surface area (Å²) < 4.78 is 16.5. The number of benzene rings is 3. The van der Waals surface area contributed by atoms with Crippen molar-refractivity contribution in [2.45, 2.75) is 71.1 Å². The molecule has 238 valence electrons. The van der Waals surface area contributed by atoms with E-state index in [1.165, 1.54) is 49.7 Å². The van der Waals surface area contributed by atoms with Gasteiger partial charge in [-0.05, 0) is 96.5 Å². The molecule has 0 bridgehead atoms. The van der Waals surface area contributed by atoms with E-state index in [1.54, 1.807) is 19.1 Å². The zero-order chi connectivity index (χ0) is 32.2. The molecule has 3 aromatic rings. The van der Waals surface area contributed by atoms with Gasteiger partial charge in [0.1, 0.15) is 24.7 Å². The van der Waals surface area contributed by atoms with Crippen molar-refractivity contribution in [2.75, 3.05) is 19.8 Å². The van der Waals surface area contributed by atoms with Crippen LogP contribution in [0.4, 0.5) is 0 Å². The van der Waals surface area contributed by atoms with Gasteiger partial charge in [0.05, 0.1) is 12.2 Å². The fourth-order valence-electron chi connectivity index (χ4n) is 5.89. The van der Waals surface area contributed by atoms with Crippen LogP contribution in [0.25, 0.3) is 22.3 Å². The monoisotopic (exact) mass is 610 g/mol. The third-order valence-electron chi connectivity index (χ3n) is 8.53. The quantitative estimate of drug-likeness (QED) is 0.0801. The zero-order valence-electron chi connectivity index (χ0n) is 26.7. The van der Waals surface area contributed by atoms with E-state index >= 15 is 0 Å². The van der Waals surface area contributed by atoms with Crippen LogP contribution >= 0.6 is 0 Å². The molecule has 1 aliphatic rings. The molecule has 0 radical (unpaired) electrons. The first-order valence-electron chi connectivity index (χ1n) is 16.1. The molecule has 1 saturated carbocycles. The second kappa shape index (κ2) is 16.8. The van der Waals surface area contributed by atoms with E-state index in [4.69, 9.17) is 19.3 Å². The first-order valence-corrected chi connectivity index (χ1v) is 16.1. The van der Waals surface area contributed by atoms with E-state index in [0.717, 1.165) is 41.2 Å². The SMILES string of the molecule is C=C(C)C(=O)Oc1ccc(-c2ccc(-c3ccc(OCCOC(=O)C(=C)CO)cc3C3CCC(CCCCC)CC3)cc2)cc1. The molecule has 1 aliphatic carbocycles. The molecule has 6 nitrogen and oxygen atoms in total. The molecule has 0 unspecified atom stereocenters. The summed E-state index contributed by atoms with van der Waals surface area (Å²) in [4.78, 5) is 23.6.